The summed E-state index contributed by atoms with van der Waals surface area (Å²) >= 11 is 6.10. The summed E-state index contributed by atoms with van der Waals surface area (Å²) < 4.78 is 14.9. The zero-order chi connectivity index (χ0) is 16.3. The largest absolute Gasteiger partial charge is 0.496 e. The van der Waals surface area contributed by atoms with Gasteiger partial charge in [-0.3, -0.25) is 0 Å². The fourth-order valence-corrected chi connectivity index (χ4v) is 2.25. The van der Waals surface area contributed by atoms with Gasteiger partial charge in [-0.25, -0.2) is 9.59 Å². The quantitative estimate of drug-likeness (QED) is 0.855. The highest BCUT2D eigenvalue weighted by Crippen LogP contribution is 2.32. The third kappa shape index (κ3) is 3.26. The summed E-state index contributed by atoms with van der Waals surface area (Å²) in [6, 6.07) is 2.60. The number of ether oxygens (including phenoxy) is 3. The van der Waals surface area contributed by atoms with Gasteiger partial charge >= 0.3 is 12.0 Å². The number of halogens is 1. The van der Waals surface area contributed by atoms with Gasteiger partial charge in [0, 0.05) is 13.2 Å². The molecule has 1 aromatic rings. The predicted molar refractivity (Wildman–Crippen MR) is 80.7 cm³/mol. The van der Waals surface area contributed by atoms with Crippen molar-refractivity contribution in [3.05, 3.63) is 22.7 Å². The minimum Gasteiger partial charge on any atom is -0.496 e. The molecule has 0 saturated carbocycles. The lowest BCUT2D eigenvalue weighted by atomic mass is 10.1. The second-order valence-electron chi connectivity index (χ2n) is 4.72. The Labute approximate surface area is 133 Å². The Hall–Kier alpha value is -1.99. The van der Waals surface area contributed by atoms with Gasteiger partial charge in [0.05, 0.1) is 44.1 Å². The summed E-state index contributed by atoms with van der Waals surface area (Å²) in [6.07, 6.45) is 0.0671. The van der Waals surface area contributed by atoms with Gasteiger partial charge in [0.25, 0.3) is 0 Å². The lowest BCUT2D eigenvalue weighted by molar-refractivity contribution is -0.00465. The Kier molecular flexibility index (Phi) is 5.10. The van der Waals surface area contributed by atoms with Crippen LogP contribution < -0.4 is 10.1 Å². The van der Waals surface area contributed by atoms with E-state index in [1.165, 1.54) is 26.4 Å². The minimum atomic E-state index is -0.567. The number of anilines is 1. The van der Waals surface area contributed by atoms with Crippen LogP contribution in [0.4, 0.5) is 10.5 Å². The molecule has 8 heteroatoms. The average molecular weight is 329 g/mol. The molecule has 1 N–H and O–H groups in total. The molecule has 0 spiro atoms. The fourth-order valence-electron chi connectivity index (χ4n) is 2.03. The molecule has 1 heterocycles. The molecule has 22 heavy (non-hydrogen) atoms. The van der Waals surface area contributed by atoms with Gasteiger partial charge in [-0.2, -0.15) is 0 Å². The number of carbonyl (C=O) groups is 2. The molecule has 1 aliphatic rings. The van der Waals surface area contributed by atoms with E-state index in [1.54, 1.807) is 12.0 Å². The molecule has 0 unspecified atom stereocenters. The van der Waals surface area contributed by atoms with Crippen LogP contribution in [0.5, 0.6) is 5.75 Å². The summed E-state index contributed by atoms with van der Waals surface area (Å²) in [4.78, 5) is 25.3. The van der Waals surface area contributed by atoms with Crippen molar-refractivity contribution in [2.24, 2.45) is 0 Å². The first-order valence-corrected chi connectivity index (χ1v) is 6.92. The van der Waals surface area contributed by atoms with Crippen LogP contribution in [0.25, 0.3) is 0 Å². The van der Waals surface area contributed by atoms with Crippen LogP contribution in [0, 0.1) is 0 Å². The van der Waals surface area contributed by atoms with Crippen LogP contribution in [-0.4, -0.2) is 57.4 Å². The molecule has 0 bridgehead atoms. The number of hydrogen-bond acceptors (Lipinski definition) is 5. The Morgan fingerprint density at radius 3 is 2.50 bits per heavy atom. The van der Waals surface area contributed by atoms with Crippen LogP contribution in [0.2, 0.25) is 5.02 Å². The van der Waals surface area contributed by atoms with E-state index in [4.69, 9.17) is 21.1 Å². The number of esters is 1. The van der Waals surface area contributed by atoms with Gasteiger partial charge < -0.3 is 24.4 Å². The van der Waals surface area contributed by atoms with Crippen molar-refractivity contribution in [3.63, 3.8) is 0 Å². The Morgan fingerprint density at radius 1 is 1.27 bits per heavy atom. The van der Waals surface area contributed by atoms with Crippen molar-refractivity contribution in [3.8, 4) is 5.75 Å². The Bertz CT molecular complexity index is 587. The predicted octanol–water partition coefficient (Wildman–Crippen LogP) is 2.00. The second-order valence-corrected chi connectivity index (χ2v) is 5.12. The zero-order valence-corrected chi connectivity index (χ0v) is 13.3. The Balaban J connectivity index is 2.14. The topological polar surface area (TPSA) is 77.1 Å². The first-order valence-electron chi connectivity index (χ1n) is 6.54. The number of rotatable bonds is 4. The minimum absolute atomic E-state index is 0.0671. The van der Waals surface area contributed by atoms with Crippen molar-refractivity contribution >= 4 is 29.3 Å². The summed E-state index contributed by atoms with van der Waals surface area (Å²) in [5, 5.41) is 2.90. The van der Waals surface area contributed by atoms with Gasteiger partial charge in [-0.1, -0.05) is 11.6 Å². The van der Waals surface area contributed by atoms with Gasteiger partial charge in [0.2, 0.25) is 0 Å². The van der Waals surface area contributed by atoms with Gasteiger partial charge in [0.1, 0.15) is 11.3 Å². The van der Waals surface area contributed by atoms with Crippen LogP contribution in [0.1, 0.15) is 10.4 Å². The number of amides is 2. The lowest BCUT2D eigenvalue weighted by Crippen LogP contribution is -2.55. The molecule has 2 amide bonds. The normalized spacial score (nSPS) is 14.3. The fraction of sp³-hybridized carbons (Fsp3) is 0.429. The first kappa shape index (κ1) is 16.4. The maximum Gasteiger partial charge on any atom is 0.341 e. The molecular formula is C14H17ClN2O5. The SMILES string of the molecule is COC(=O)c1cc(Cl)c(NC(=O)N2CC(OC)C2)cc1OC. The molecule has 1 aromatic carbocycles. The first-order chi connectivity index (χ1) is 10.5. The molecule has 1 fully saturated rings. The van der Waals surface area contributed by atoms with E-state index < -0.39 is 5.97 Å². The monoisotopic (exact) mass is 328 g/mol. The van der Waals surface area contributed by atoms with Crippen LogP contribution in [0.3, 0.4) is 0 Å². The van der Waals surface area contributed by atoms with E-state index in [1.807, 2.05) is 0 Å². The molecular weight excluding hydrogens is 312 g/mol. The number of urea groups is 1. The van der Waals surface area contributed by atoms with E-state index >= 15 is 0 Å². The van der Waals surface area contributed by atoms with E-state index in [0.717, 1.165) is 0 Å². The van der Waals surface area contributed by atoms with Crippen molar-refractivity contribution in [2.45, 2.75) is 6.10 Å². The van der Waals surface area contributed by atoms with E-state index in [9.17, 15) is 9.59 Å². The number of nitrogens with one attached hydrogen (secondary N) is 1. The molecule has 0 aliphatic carbocycles. The highest BCUT2D eigenvalue weighted by molar-refractivity contribution is 6.34. The number of carbonyl (C=O) groups excluding carboxylic acids is 2. The molecule has 0 radical (unpaired) electrons. The smallest absolute Gasteiger partial charge is 0.341 e. The molecule has 0 aromatic heterocycles. The van der Waals surface area contributed by atoms with E-state index in [0.29, 0.717) is 18.8 Å². The van der Waals surface area contributed by atoms with E-state index in [-0.39, 0.29) is 28.5 Å². The van der Waals surface area contributed by atoms with Crippen LogP contribution in [0.15, 0.2) is 12.1 Å². The number of nitrogens with zero attached hydrogens (tertiary/aromatic N) is 1. The highest BCUT2D eigenvalue weighted by Gasteiger charge is 2.31. The van der Waals surface area contributed by atoms with Gasteiger partial charge in [-0.05, 0) is 6.07 Å². The zero-order valence-electron chi connectivity index (χ0n) is 12.5. The third-order valence-corrected chi connectivity index (χ3v) is 3.72. The molecule has 2 rings (SSSR count). The second kappa shape index (κ2) is 6.85. The van der Waals surface area contributed by atoms with Crippen molar-refractivity contribution in [1.29, 1.82) is 0 Å². The number of likely N-dealkylation sites (tertiary alicyclic amines) is 1. The Morgan fingerprint density at radius 2 is 1.95 bits per heavy atom. The molecule has 0 atom stereocenters. The summed E-state index contributed by atoms with van der Waals surface area (Å²) in [5.74, 6) is -0.299. The van der Waals surface area contributed by atoms with Crippen molar-refractivity contribution < 1.29 is 23.8 Å². The molecule has 120 valence electrons. The number of hydrogen-bond donors (Lipinski definition) is 1. The standard InChI is InChI=1S/C14H17ClN2O5/c1-20-8-6-17(7-8)14(19)16-11-5-12(21-2)9(4-10(11)15)13(18)22-3/h4-5,8H,6-7H2,1-3H3,(H,16,19). The van der Waals surface area contributed by atoms with Gasteiger partial charge in [-0.15, -0.1) is 0 Å². The summed E-state index contributed by atoms with van der Waals surface area (Å²) in [7, 11) is 4.29. The highest BCUT2D eigenvalue weighted by atomic mass is 35.5. The van der Waals surface area contributed by atoms with Crippen molar-refractivity contribution in [2.75, 3.05) is 39.7 Å². The van der Waals surface area contributed by atoms with Gasteiger partial charge in [0.15, 0.2) is 0 Å². The molecule has 7 nitrogen and oxygen atoms in total. The lowest BCUT2D eigenvalue weighted by Gasteiger charge is -2.37. The van der Waals surface area contributed by atoms with Crippen LogP contribution in [-0.2, 0) is 9.47 Å². The maximum absolute atomic E-state index is 12.1. The van der Waals surface area contributed by atoms with Crippen LogP contribution >= 0.6 is 11.6 Å². The number of benzene rings is 1. The number of methoxy groups -OCH3 is 3. The summed E-state index contributed by atoms with van der Waals surface area (Å²) in [5.41, 5.74) is 0.549. The molecule has 1 saturated heterocycles. The summed E-state index contributed by atoms with van der Waals surface area (Å²) in [6.45, 7) is 1.05. The molecule has 1 aliphatic heterocycles. The van der Waals surface area contributed by atoms with E-state index in [2.05, 4.69) is 10.1 Å². The van der Waals surface area contributed by atoms with Crippen molar-refractivity contribution in [1.82, 2.24) is 4.90 Å². The maximum atomic E-state index is 12.1. The average Bonchev–Trinajstić information content (AvgIpc) is 2.47. The third-order valence-electron chi connectivity index (χ3n) is 3.40.